The van der Waals surface area contributed by atoms with E-state index in [0.29, 0.717) is 55.3 Å². The van der Waals surface area contributed by atoms with Gasteiger partial charge in [-0.1, -0.05) is 0 Å². The van der Waals surface area contributed by atoms with Gasteiger partial charge in [-0.05, 0) is 50.6 Å². The zero-order valence-electron chi connectivity index (χ0n) is 21.0. The summed E-state index contributed by atoms with van der Waals surface area (Å²) in [7, 11) is 0. The highest BCUT2D eigenvalue weighted by Crippen LogP contribution is 2.39. The standard InChI is InChI=1S/C27H29N5O5/c1-4-28-26(35)32-16(2)9-18-10-20(5-6-22(18)32)37-23-7-8-29-31-13-21(17(3)24(23)31)25(34)30-12-19(33)11-27(30)14-36-15-27/h5-10,13,19,33H,4,11-12,14-15H2,1-3H3,(H,28,35)/t19-/m0/s1. The normalized spacial score (nSPS) is 18.5. The molecule has 2 aliphatic rings. The molecular weight excluding hydrogens is 474 g/mol. The van der Waals surface area contributed by atoms with E-state index in [1.807, 2.05) is 45.0 Å². The molecule has 192 valence electrons. The first-order chi connectivity index (χ1) is 17.8. The van der Waals surface area contributed by atoms with Crippen LogP contribution in [-0.2, 0) is 4.74 Å². The average Bonchev–Trinajstić information content (AvgIpc) is 3.49. The maximum atomic E-state index is 13.6. The first-order valence-electron chi connectivity index (χ1n) is 12.4. The molecule has 2 saturated heterocycles. The number of carbonyl (C=O) groups excluding carboxylic acids is 2. The number of carbonyl (C=O) groups is 2. The molecule has 0 saturated carbocycles. The third-order valence-electron chi connectivity index (χ3n) is 7.40. The number of hydrogen-bond donors (Lipinski definition) is 2. The summed E-state index contributed by atoms with van der Waals surface area (Å²) in [5.41, 5.74) is 3.17. The lowest BCUT2D eigenvalue weighted by atomic mass is 9.93. The van der Waals surface area contributed by atoms with Crippen LogP contribution in [0.2, 0.25) is 0 Å². The van der Waals surface area contributed by atoms with E-state index >= 15 is 0 Å². The third-order valence-corrected chi connectivity index (χ3v) is 7.40. The predicted molar refractivity (Wildman–Crippen MR) is 136 cm³/mol. The Bertz CT molecular complexity index is 1550. The molecule has 10 heteroatoms. The SMILES string of the molecule is CCNC(=O)n1c(C)cc2cc(Oc3ccnn4cc(C(=O)N5C[C@@H](O)CC56COC6)c(C)c34)ccc21. The van der Waals surface area contributed by atoms with Crippen LogP contribution < -0.4 is 10.1 Å². The minimum Gasteiger partial charge on any atom is -0.455 e. The van der Waals surface area contributed by atoms with Crippen molar-refractivity contribution in [1.29, 1.82) is 0 Å². The molecule has 37 heavy (non-hydrogen) atoms. The number of aliphatic hydroxyl groups is 1. The molecule has 0 radical (unpaired) electrons. The number of hydrogen-bond acceptors (Lipinski definition) is 6. The van der Waals surface area contributed by atoms with Crippen LogP contribution in [0.15, 0.2) is 42.7 Å². The van der Waals surface area contributed by atoms with Gasteiger partial charge in [0.15, 0.2) is 5.75 Å². The molecule has 4 aromatic rings. The van der Waals surface area contributed by atoms with E-state index in [2.05, 4.69) is 10.4 Å². The zero-order valence-corrected chi connectivity index (χ0v) is 21.0. The summed E-state index contributed by atoms with van der Waals surface area (Å²) in [6.07, 6.45) is 3.33. The zero-order chi connectivity index (χ0) is 25.9. The van der Waals surface area contributed by atoms with Crippen LogP contribution >= 0.6 is 0 Å². The molecule has 2 amide bonds. The maximum absolute atomic E-state index is 13.6. The average molecular weight is 504 g/mol. The molecule has 2 N–H and O–H groups in total. The highest BCUT2D eigenvalue weighted by atomic mass is 16.5. The van der Waals surface area contributed by atoms with E-state index < -0.39 is 11.6 Å². The highest BCUT2D eigenvalue weighted by Gasteiger charge is 2.53. The lowest BCUT2D eigenvalue weighted by Crippen LogP contribution is -2.60. The number of aliphatic hydroxyl groups excluding tert-OH is 1. The van der Waals surface area contributed by atoms with E-state index in [4.69, 9.17) is 9.47 Å². The highest BCUT2D eigenvalue weighted by molar-refractivity contribution is 5.99. The Morgan fingerprint density at radius 3 is 2.78 bits per heavy atom. The molecular formula is C27H29N5O5. The Morgan fingerprint density at radius 2 is 2.05 bits per heavy atom. The fourth-order valence-corrected chi connectivity index (χ4v) is 5.62. The lowest BCUT2D eigenvalue weighted by Gasteiger charge is -2.44. The number of amides is 2. The van der Waals surface area contributed by atoms with Crippen molar-refractivity contribution in [3.05, 3.63) is 59.5 Å². The Kier molecular flexibility index (Phi) is 5.46. The first-order valence-corrected chi connectivity index (χ1v) is 12.4. The largest absolute Gasteiger partial charge is 0.455 e. The lowest BCUT2D eigenvalue weighted by molar-refractivity contribution is -0.110. The summed E-state index contributed by atoms with van der Waals surface area (Å²) in [4.78, 5) is 27.8. The number of likely N-dealkylation sites (tertiary alicyclic amines) is 1. The number of nitrogens with zero attached hydrogens (tertiary/aromatic N) is 4. The van der Waals surface area contributed by atoms with Crippen LogP contribution in [0.1, 0.15) is 35.0 Å². The van der Waals surface area contributed by atoms with Crippen molar-refractivity contribution in [3.63, 3.8) is 0 Å². The molecule has 6 rings (SSSR count). The summed E-state index contributed by atoms with van der Waals surface area (Å²) in [5.74, 6) is 1.03. The number of benzene rings is 1. The van der Waals surface area contributed by atoms with Crippen molar-refractivity contribution in [3.8, 4) is 11.5 Å². The van der Waals surface area contributed by atoms with Crippen LogP contribution in [0.25, 0.3) is 16.4 Å². The summed E-state index contributed by atoms with van der Waals surface area (Å²) >= 11 is 0. The number of rotatable bonds is 4. The van der Waals surface area contributed by atoms with Gasteiger partial charge >= 0.3 is 6.03 Å². The number of aryl methyl sites for hydroxylation is 2. The topological polar surface area (TPSA) is 110 Å². The molecule has 1 aromatic carbocycles. The number of aromatic nitrogens is 3. The van der Waals surface area contributed by atoms with E-state index in [1.165, 1.54) is 0 Å². The molecule has 3 aromatic heterocycles. The molecule has 0 bridgehead atoms. The molecule has 2 fully saturated rings. The Labute approximate surface area is 213 Å². The van der Waals surface area contributed by atoms with Crippen molar-refractivity contribution < 1.29 is 24.2 Å². The van der Waals surface area contributed by atoms with Crippen LogP contribution in [-0.4, -0.2) is 74.1 Å². The van der Waals surface area contributed by atoms with Gasteiger partial charge in [-0.3, -0.25) is 9.36 Å². The van der Waals surface area contributed by atoms with Crippen LogP contribution in [0.3, 0.4) is 0 Å². The van der Waals surface area contributed by atoms with Gasteiger partial charge in [0.1, 0.15) is 11.3 Å². The van der Waals surface area contributed by atoms with Gasteiger partial charge in [0.2, 0.25) is 0 Å². The second-order valence-corrected chi connectivity index (χ2v) is 9.93. The monoisotopic (exact) mass is 503 g/mol. The van der Waals surface area contributed by atoms with E-state index in [0.717, 1.165) is 22.2 Å². The molecule has 0 aliphatic carbocycles. The fourth-order valence-electron chi connectivity index (χ4n) is 5.62. The summed E-state index contributed by atoms with van der Waals surface area (Å²) in [5, 5.41) is 18.4. The maximum Gasteiger partial charge on any atom is 0.326 e. The van der Waals surface area contributed by atoms with Crippen LogP contribution in [0, 0.1) is 13.8 Å². The van der Waals surface area contributed by atoms with Crippen molar-refractivity contribution >= 4 is 28.4 Å². The smallest absolute Gasteiger partial charge is 0.326 e. The summed E-state index contributed by atoms with van der Waals surface area (Å²) < 4.78 is 15.0. The Morgan fingerprint density at radius 1 is 1.24 bits per heavy atom. The quantitative estimate of drug-likeness (QED) is 0.442. The van der Waals surface area contributed by atoms with E-state index in [9.17, 15) is 14.7 Å². The number of fused-ring (bicyclic) bond motifs is 2. The molecule has 0 unspecified atom stereocenters. The number of β-amino-alcohol motifs (C(OH)–C–C–N with tert-alkyl or cyclic N) is 1. The fraction of sp³-hybridized carbons (Fsp3) is 0.370. The predicted octanol–water partition coefficient (Wildman–Crippen LogP) is 3.25. The molecule has 2 aliphatic heterocycles. The van der Waals surface area contributed by atoms with Crippen molar-refractivity contribution in [1.82, 2.24) is 24.4 Å². The van der Waals surface area contributed by atoms with Crippen molar-refractivity contribution in [2.75, 3.05) is 26.3 Å². The Balaban J connectivity index is 1.34. The minimum absolute atomic E-state index is 0.141. The second-order valence-electron chi connectivity index (χ2n) is 9.93. The molecule has 10 nitrogen and oxygen atoms in total. The van der Waals surface area contributed by atoms with Gasteiger partial charge in [-0.25, -0.2) is 9.31 Å². The number of nitrogens with one attached hydrogen (secondary N) is 1. The van der Waals surface area contributed by atoms with Gasteiger partial charge in [0.05, 0.1) is 42.1 Å². The van der Waals surface area contributed by atoms with Gasteiger partial charge in [-0.15, -0.1) is 0 Å². The summed E-state index contributed by atoms with van der Waals surface area (Å²) in [6, 6.07) is 9.14. The van der Waals surface area contributed by atoms with Gasteiger partial charge < -0.3 is 24.8 Å². The van der Waals surface area contributed by atoms with Gasteiger partial charge in [0.25, 0.3) is 5.91 Å². The Hall–Kier alpha value is -3.89. The van der Waals surface area contributed by atoms with Crippen molar-refractivity contribution in [2.24, 2.45) is 0 Å². The van der Waals surface area contributed by atoms with E-state index in [1.54, 1.807) is 32.4 Å². The van der Waals surface area contributed by atoms with Crippen LogP contribution in [0.4, 0.5) is 4.79 Å². The van der Waals surface area contributed by atoms with Crippen LogP contribution in [0.5, 0.6) is 11.5 Å². The van der Waals surface area contributed by atoms with Crippen molar-refractivity contribution in [2.45, 2.75) is 38.8 Å². The minimum atomic E-state index is -0.552. The molecule has 1 atom stereocenters. The molecule has 1 spiro atoms. The van der Waals surface area contributed by atoms with E-state index in [-0.39, 0.29) is 11.9 Å². The van der Waals surface area contributed by atoms with Gasteiger partial charge in [0, 0.05) is 42.9 Å². The van der Waals surface area contributed by atoms with Gasteiger partial charge in [-0.2, -0.15) is 5.10 Å². The second kappa shape index (κ2) is 8.60. The molecule has 5 heterocycles. The number of ether oxygens (including phenoxy) is 2. The summed E-state index contributed by atoms with van der Waals surface area (Å²) in [6.45, 7) is 7.39. The third kappa shape index (κ3) is 3.67. The first kappa shape index (κ1) is 23.5.